The van der Waals surface area contributed by atoms with Gasteiger partial charge in [-0.25, -0.2) is 18.7 Å². The zero-order valence-electron chi connectivity index (χ0n) is 18.1. The maximum atomic E-state index is 14.0. The first kappa shape index (κ1) is 23.9. The van der Waals surface area contributed by atoms with E-state index in [1.807, 2.05) is 13.8 Å². The van der Waals surface area contributed by atoms with Gasteiger partial charge in [-0.1, -0.05) is 25.4 Å². The molecule has 1 N–H and O–H groups in total. The van der Waals surface area contributed by atoms with E-state index in [0.717, 1.165) is 22.4 Å². The van der Waals surface area contributed by atoms with E-state index in [1.54, 1.807) is 33.0 Å². The van der Waals surface area contributed by atoms with Gasteiger partial charge in [0.2, 0.25) is 5.88 Å². The van der Waals surface area contributed by atoms with Gasteiger partial charge >= 0.3 is 11.7 Å². The molecule has 3 aromatic rings. The third-order valence-electron chi connectivity index (χ3n) is 4.21. The molecule has 0 unspecified atom stereocenters. The fourth-order valence-corrected chi connectivity index (χ4v) is 3.96. The molecule has 32 heavy (non-hydrogen) atoms. The van der Waals surface area contributed by atoms with E-state index < -0.39 is 34.1 Å². The topological polar surface area (TPSA) is 107 Å². The summed E-state index contributed by atoms with van der Waals surface area (Å²) in [5.41, 5.74) is -0.714. The van der Waals surface area contributed by atoms with Crippen molar-refractivity contribution in [1.29, 1.82) is 0 Å². The molecule has 0 aliphatic heterocycles. The number of rotatable bonds is 5. The predicted molar refractivity (Wildman–Crippen MR) is 120 cm³/mol. The molecule has 0 saturated carbocycles. The number of esters is 1. The van der Waals surface area contributed by atoms with Gasteiger partial charge in [0.05, 0.1) is 22.5 Å². The summed E-state index contributed by atoms with van der Waals surface area (Å²) in [4.78, 5) is 37.7. The Bertz CT molecular complexity index is 1260. The van der Waals surface area contributed by atoms with Crippen molar-refractivity contribution >= 4 is 40.4 Å². The van der Waals surface area contributed by atoms with Gasteiger partial charge in [0.25, 0.3) is 0 Å². The molecule has 0 aliphatic rings. The number of carbonyl (C=O) groups excluding carboxylic acids is 1. The first-order valence-corrected chi connectivity index (χ1v) is 11.1. The van der Waals surface area contributed by atoms with Crippen molar-refractivity contribution in [2.75, 3.05) is 5.75 Å². The zero-order valence-corrected chi connectivity index (χ0v) is 19.7. The van der Waals surface area contributed by atoms with Crippen LogP contribution in [0.25, 0.3) is 16.7 Å². The number of aromatic hydroxyl groups is 1. The molecule has 0 fully saturated rings. The molecule has 0 aliphatic carbocycles. The van der Waals surface area contributed by atoms with Crippen molar-refractivity contribution in [3.63, 3.8) is 0 Å². The lowest BCUT2D eigenvalue weighted by Crippen LogP contribution is -2.26. The van der Waals surface area contributed by atoms with Crippen LogP contribution >= 0.6 is 23.4 Å². The zero-order chi connectivity index (χ0) is 23.8. The Balaban J connectivity index is 2.23. The highest BCUT2D eigenvalue weighted by atomic mass is 35.5. The highest BCUT2D eigenvalue weighted by Crippen LogP contribution is 2.34. The fourth-order valence-electron chi connectivity index (χ4n) is 3.01. The Labute approximate surface area is 192 Å². The van der Waals surface area contributed by atoms with E-state index in [0.29, 0.717) is 16.3 Å². The third kappa shape index (κ3) is 5.02. The van der Waals surface area contributed by atoms with Crippen molar-refractivity contribution in [3.8, 4) is 11.6 Å². The monoisotopic (exact) mass is 480 g/mol. The number of hydrogen-bond donors (Lipinski definition) is 1. The maximum absolute atomic E-state index is 14.0. The van der Waals surface area contributed by atoms with Crippen LogP contribution in [0.1, 0.15) is 46.2 Å². The molecule has 11 heteroatoms. The summed E-state index contributed by atoms with van der Waals surface area (Å²) in [5.74, 6) is -2.11. The number of nitrogens with zero attached hydrogens (tertiary/aromatic N) is 4. The van der Waals surface area contributed by atoms with Crippen molar-refractivity contribution in [2.24, 2.45) is 0 Å². The molecule has 170 valence electrons. The Morgan fingerprint density at radius 1 is 1.34 bits per heavy atom. The fraction of sp³-hybridized carbons (Fsp3) is 0.381. The van der Waals surface area contributed by atoms with Crippen LogP contribution in [-0.4, -0.2) is 41.9 Å². The molecular formula is C21H22ClFN4O4S. The van der Waals surface area contributed by atoms with Crippen LogP contribution in [0.3, 0.4) is 0 Å². The summed E-state index contributed by atoms with van der Waals surface area (Å²) in [6.07, 6.45) is 1.57. The van der Waals surface area contributed by atoms with Crippen molar-refractivity contribution in [2.45, 2.75) is 51.0 Å². The van der Waals surface area contributed by atoms with Gasteiger partial charge in [-0.05, 0) is 38.8 Å². The predicted octanol–water partition coefficient (Wildman–Crippen LogP) is 4.23. The first-order chi connectivity index (χ1) is 14.9. The molecule has 3 aromatic heterocycles. The van der Waals surface area contributed by atoms with Crippen molar-refractivity contribution in [1.82, 2.24) is 19.5 Å². The minimum Gasteiger partial charge on any atom is -0.493 e. The maximum Gasteiger partial charge on any atom is 0.357 e. The highest BCUT2D eigenvalue weighted by molar-refractivity contribution is 8.00. The Morgan fingerprint density at radius 2 is 2.03 bits per heavy atom. The highest BCUT2D eigenvalue weighted by Gasteiger charge is 2.24. The van der Waals surface area contributed by atoms with E-state index in [9.17, 15) is 19.1 Å². The quantitative estimate of drug-likeness (QED) is 0.328. The molecule has 0 radical (unpaired) electrons. The van der Waals surface area contributed by atoms with E-state index in [-0.39, 0.29) is 22.7 Å². The van der Waals surface area contributed by atoms with Crippen LogP contribution in [0, 0.1) is 5.82 Å². The summed E-state index contributed by atoms with van der Waals surface area (Å²) >= 11 is 7.02. The molecule has 0 saturated heterocycles. The number of ether oxygens (including phenoxy) is 1. The van der Waals surface area contributed by atoms with Gasteiger partial charge in [-0.2, -0.15) is 4.98 Å². The van der Waals surface area contributed by atoms with Crippen LogP contribution < -0.4 is 5.69 Å². The second kappa shape index (κ2) is 9.03. The minimum atomic E-state index is -0.865. The van der Waals surface area contributed by atoms with E-state index in [1.165, 1.54) is 0 Å². The van der Waals surface area contributed by atoms with Crippen LogP contribution in [0.5, 0.6) is 5.88 Å². The van der Waals surface area contributed by atoms with Gasteiger partial charge in [0.1, 0.15) is 5.60 Å². The number of aromatic nitrogens is 4. The molecule has 3 heterocycles. The minimum absolute atomic E-state index is 0.0210. The van der Waals surface area contributed by atoms with Gasteiger partial charge in [-0.15, -0.1) is 11.8 Å². The van der Waals surface area contributed by atoms with Gasteiger partial charge in [0.15, 0.2) is 16.6 Å². The van der Waals surface area contributed by atoms with Gasteiger partial charge in [-0.3, -0.25) is 9.78 Å². The molecule has 0 spiro atoms. The summed E-state index contributed by atoms with van der Waals surface area (Å²) < 4.78 is 20.5. The van der Waals surface area contributed by atoms with Crippen LogP contribution in [-0.2, 0) is 9.53 Å². The van der Waals surface area contributed by atoms with Crippen LogP contribution in [0.2, 0.25) is 5.15 Å². The Hall–Kier alpha value is -2.72. The van der Waals surface area contributed by atoms with Crippen LogP contribution in [0.15, 0.2) is 28.0 Å². The van der Waals surface area contributed by atoms with Gasteiger partial charge < -0.3 is 9.84 Å². The normalized spacial score (nSPS) is 11.9. The largest absolute Gasteiger partial charge is 0.493 e. The lowest BCUT2D eigenvalue weighted by Gasteiger charge is -2.21. The Morgan fingerprint density at radius 3 is 2.66 bits per heavy atom. The average molecular weight is 481 g/mol. The number of thioether (sulfide) groups is 1. The molecular weight excluding hydrogens is 459 g/mol. The lowest BCUT2D eigenvalue weighted by atomic mass is 10.1. The molecule has 0 bridgehead atoms. The summed E-state index contributed by atoms with van der Waals surface area (Å²) in [5, 5.41) is 9.56. The second-order valence-electron chi connectivity index (χ2n) is 8.26. The summed E-state index contributed by atoms with van der Waals surface area (Å²) in [7, 11) is 0. The number of hydrogen-bond acceptors (Lipinski definition) is 8. The van der Waals surface area contributed by atoms with E-state index in [4.69, 9.17) is 16.3 Å². The van der Waals surface area contributed by atoms with Crippen LogP contribution in [0.4, 0.5) is 4.39 Å². The number of fused-ring (bicyclic) bond motifs is 1. The van der Waals surface area contributed by atoms with E-state index in [2.05, 4.69) is 15.0 Å². The molecule has 0 aromatic carbocycles. The average Bonchev–Trinajstić information content (AvgIpc) is 2.67. The van der Waals surface area contributed by atoms with E-state index >= 15 is 0 Å². The van der Waals surface area contributed by atoms with Crippen molar-refractivity contribution < 1.29 is 19.0 Å². The SMILES string of the molecule is CC(C)c1nccc(SCC(=O)OC(C)(C)C)c1-n1c(=O)nc(O)c2cc(F)c(Cl)nc21. The molecule has 0 amide bonds. The standard InChI is InChI=1S/C21H22ClFN4O4S/c1-10(2)15-16(13(6-7-24-15)32-9-14(28)31-21(3,4)5)27-18-11(19(29)26-20(27)30)8-12(23)17(22)25-18/h6-8,10H,9H2,1-5H3,(H,26,29,30). The molecule has 3 rings (SSSR count). The van der Waals surface area contributed by atoms with Crippen molar-refractivity contribution in [3.05, 3.63) is 45.5 Å². The number of halogens is 2. The van der Waals surface area contributed by atoms with Gasteiger partial charge in [0, 0.05) is 11.1 Å². The first-order valence-electron chi connectivity index (χ1n) is 9.70. The molecule has 0 atom stereocenters. The lowest BCUT2D eigenvalue weighted by molar-refractivity contribution is -0.151. The summed E-state index contributed by atoms with van der Waals surface area (Å²) in [6.45, 7) is 9.08. The Kier molecular flexibility index (Phi) is 6.75. The third-order valence-corrected chi connectivity index (χ3v) is 5.50. The number of pyridine rings is 2. The summed E-state index contributed by atoms with van der Waals surface area (Å²) in [6, 6.07) is 2.61. The molecule has 8 nitrogen and oxygen atoms in total. The smallest absolute Gasteiger partial charge is 0.357 e. The second-order valence-corrected chi connectivity index (χ2v) is 9.63. The number of carbonyl (C=O) groups is 1.